The van der Waals surface area contributed by atoms with Gasteiger partial charge in [-0.3, -0.25) is 0 Å². The molecule has 0 amide bonds. The monoisotopic (exact) mass is 1040 g/mol. The number of aromatic nitrogens is 6. The van der Waals surface area contributed by atoms with E-state index >= 15 is 0 Å². The summed E-state index contributed by atoms with van der Waals surface area (Å²) in [4.78, 5) is 16.5. The van der Waals surface area contributed by atoms with E-state index in [4.69, 9.17) is 15.0 Å². The summed E-state index contributed by atoms with van der Waals surface area (Å²) in [7, 11) is 0. The minimum atomic E-state index is 0.590. The van der Waals surface area contributed by atoms with Crippen LogP contribution in [0.2, 0.25) is 0 Å². The Hall–Kier alpha value is -10.5. The summed E-state index contributed by atoms with van der Waals surface area (Å²) in [5.74, 6) is 1.79. The highest BCUT2D eigenvalue weighted by Crippen LogP contribution is 2.44. The van der Waals surface area contributed by atoms with Gasteiger partial charge in [-0.05, 0) is 144 Å². The highest BCUT2D eigenvalue weighted by Gasteiger charge is 2.22. The molecule has 0 fully saturated rings. The molecule has 12 aromatic carbocycles. The number of fused-ring (bicyclic) bond motifs is 13. The topological polar surface area (TPSA) is 53.5 Å². The Labute approximate surface area is 463 Å². The van der Waals surface area contributed by atoms with E-state index in [-0.39, 0.29) is 0 Å². The quantitative estimate of drug-likeness (QED) is 0.160. The molecule has 0 atom stereocenters. The largest absolute Gasteiger partial charge is 0.309 e. The van der Waals surface area contributed by atoms with Gasteiger partial charge in [0.1, 0.15) is 0 Å². The minimum absolute atomic E-state index is 0.590. The Morgan fingerprint density at radius 1 is 0.250 bits per heavy atom. The van der Waals surface area contributed by atoms with Gasteiger partial charge < -0.3 is 13.7 Å². The van der Waals surface area contributed by atoms with Crippen LogP contribution in [0.1, 0.15) is 0 Å². The molecule has 5 heterocycles. The second-order valence-corrected chi connectivity index (χ2v) is 21.8. The zero-order valence-electron chi connectivity index (χ0n) is 43.0. The number of hydrogen-bond acceptors (Lipinski definition) is 4. The molecule has 0 aliphatic rings. The van der Waals surface area contributed by atoms with Crippen LogP contribution in [0.4, 0.5) is 0 Å². The number of benzene rings is 12. The zero-order valence-corrected chi connectivity index (χ0v) is 43.8. The fourth-order valence-electron chi connectivity index (χ4n) is 12.6. The molecule has 80 heavy (non-hydrogen) atoms. The van der Waals surface area contributed by atoms with Gasteiger partial charge in [-0.2, -0.15) is 0 Å². The van der Waals surface area contributed by atoms with Crippen molar-refractivity contribution < 1.29 is 0 Å². The number of para-hydroxylation sites is 5. The normalized spacial score (nSPS) is 12.0. The fraction of sp³-hybridized carbons (Fsp3) is 0. The van der Waals surface area contributed by atoms with Gasteiger partial charge in [-0.1, -0.05) is 140 Å². The summed E-state index contributed by atoms with van der Waals surface area (Å²) in [6, 6.07) is 96.5. The van der Waals surface area contributed by atoms with Crippen LogP contribution in [-0.2, 0) is 0 Å². The Bertz CT molecular complexity index is 5200. The van der Waals surface area contributed by atoms with E-state index < -0.39 is 0 Å². The summed E-state index contributed by atoms with van der Waals surface area (Å²) >= 11 is 1.84. The summed E-state index contributed by atoms with van der Waals surface area (Å²) < 4.78 is 9.69. The standard InChI is InChI=1S/C73H44N6S/c1-3-19-51(20-4-1)77-62-27-13-9-23-53(62)58-42-49(32-36-66(58)77)72-74-71(75-73(76-72)50-33-37-67-59(43-50)54-24-10-14-28-63(54)78(67)52-21-5-2-6-22-52)48-31-35-65(57(41-48)47-34-38-70-61(40-47)56-26-12-16-30-69(56)80-70)79-64-29-15-11-25-55(64)60-39-45-17-7-8-18-46(45)44-68(60)79/h1-44H. The van der Waals surface area contributed by atoms with Crippen molar-refractivity contribution in [1.82, 2.24) is 28.7 Å². The molecule has 0 saturated heterocycles. The Morgan fingerprint density at radius 3 is 1.25 bits per heavy atom. The number of thiophene rings is 1. The molecule has 0 unspecified atom stereocenters. The van der Waals surface area contributed by atoms with Gasteiger partial charge in [0.25, 0.3) is 0 Å². The molecule has 6 nitrogen and oxygen atoms in total. The van der Waals surface area contributed by atoms with Crippen LogP contribution >= 0.6 is 11.3 Å². The highest BCUT2D eigenvalue weighted by molar-refractivity contribution is 7.25. The van der Waals surface area contributed by atoms with Crippen molar-refractivity contribution in [2.75, 3.05) is 0 Å². The number of rotatable bonds is 7. The van der Waals surface area contributed by atoms with Crippen LogP contribution in [0.5, 0.6) is 0 Å². The fourth-order valence-corrected chi connectivity index (χ4v) is 13.7. The van der Waals surface area contributed by atoms with Crippen molar-refractivity contribution in [3.63, 3.8) is 0 Å². The average Bonchev–Trinajstić information content (AvgIpc) is 4.46. The highest BCUT2D eigenvalue weighted by atomic mass is 32.1. The molecular weight excluding hydrogens is 993 g/mol. The number of nitrogens with zero attached hydrogens (tertiary/aromatic N) is 6. The zero-order chi connectivity index (χ0) is 52.4. The minimum Gasteiger partial charge on any atom is -0.309 e. The lowest BCUT2D eigenvalue weighted by molar-refractivity contribution is 1.07. The van der Waals surface area contributed by atoms with Crippen molar-refractivity contribution in [2.45, 2.75) is 0 Å². The van der Waals surface area contributed by atoms with Gasteiger partial charge in [0.15, 0.2) is 17.5 Å². The van der Waals surface area contributed by atoms with Gasteiger partial charge in [-0.15, -0.1) is 11.3 Å². The van der Waals surface area contributed by atoms with E-state index in [0.29, 0.717) is 17.5 Å². The first-order chi connectivity index (χ1) is 39.6. The lowest BCUT2D eigenvalue weighted by Gasteiger charge is -2.17. The third kappa shape index (κ3) is 6.87. The van der Waals surface area contributed by atoms with Gasteiger partial charge in [0.2, 0.25) is 0 Å². The summed E-state index contributed by atoms with van der Waals surface area (Å²) in [6.07, 6.45) is 0. The first-order valence-corrected chi connectivity index (χ1v) is 27.9. The van der Waals surface area contributed by atoms with E-state index in [2.05, 4.69) is 281 Å². The third-order valence-corrected chi connectivity index (χ3v) is 17.4. The van der Waals surface area contributed by atoms with Crippen molar-refractivity contribution in [3.05, 3.63) is 267 Å². The molecule has 0 aliphatic heterocycles. The van der Waals surface area contributed by atoms with Crippen LogP contribution < -0.4 is 0 Å². The van der Waals surface area contributed by atoms with E-state index in [1.165, 1.54) is 41.7 Å². The first kappa shape index (κ1) is 44.6. The van der Waals surface area contributed by atoms with E-state index in [1.807, 2.05) is 11.3 Å². The van der Waals surface area contributed by atoms with E-state index in [1.54, 1.807) is 0 Å². The Morgan fingerprint density at radius 2 is 0.662 bits per heavy atom. The van der Waals surface area contributed by atoms with Crippen LogP contribution in [0, 0.1) is 0 Å². The first-order valence-electron chi connectivity index (χ1n) is 27.1. The molecule has 0 saturated carbocycles. The molecular formula is C73H44N6S. The smallest absolute Gasteiger partial charge is 0.164 e. The molecule has 17 aromatic rings. The molecule has 5 aromatic heterocycles. The molecule has 7 heteroatoms. The predicted molar refractivity (Wildman–Crippen MR) is 335 cm³/mol. The maximum absolute atomic E-state index is 5.51. The summed E-state index contributed by atoms with van der Waals surface area (Å²) in [5.41, 5.74) is 15.0. The lowest BCUT2D eigenvalue weighted by atomic mass is 9.98. The van der Waals surface area contributed by atoms with Gasteiger partial charge in [0.05, 0.1) is 38.8 Å². The summed E-state index contributed by atoms with van der Waals surface area (Å²) in [5, 5.41) is 11.9. The average molecular weight is 1040 g/mol. The van der Waals surface area contributed by atoms with Crippen LogP contribution in [0.15, 0.2) is 267 Å². The summed E-state index contributed by atoms with van der Waals surface area (Å²) in [6.45, 7) is 0. The van der Waals surface area contributed by atoms with Crippen molar-refractivity contribution in [1.29, 1.82) is 0 Å². The van der Waals surface area contributed by atoms with E-state index in [0.717, 1.165) is 99.5 Å². The van der Waals surface area contributed by atoms with Crippen molar-refractivity contribution >= 4 is 108 Å². The maximum Gasteiger partial charge on any atom is 0.164 e. The molecule has 0 N–H and O–H groups in total. The SMILES string of the molecule is c1ccc(-n2c3ccccc3c3cc(-c4nc(-c5ccc(-n6c7ccccc7c7cc8ccccc8cc76)c(-c6ccc7sc8ccccc8c7c6)c5)nc(-c5ccc6c(c5)c5ccccc5n6-c5ccccc5)n4)ccc32)cc1. The van der Waals surface area contributed by atoms with Gasteiger partial charge >= 0.3 is 0 Å². The third-order valence-electron chi connectivity index (χ3n) is 16.2. The van der Waals surface area contributed by atoms with Crippen LogP contribution in [0.25, 0.3) is 159 Å². The molecule has 0 radical (unpaired) electrons. The number of hydrogen-bond donors (Lipinski definition) is 0. The van der Waals surface area contributed by atoms with E-state index in [9.17, 15) is 0 Å². The van der Waals surface area contributed by atoms with Crippen LogP contribution in [-0.4, -0.2) is 28.7 Å². The predicted octanol–water partition coefficient (Wildman–Crippen LogP) is 19.4. The Balaban J connectivity index is 0.921. The Kier molecular flexibility index (Phi) is 9.78. The second kappa shape index (κ2) is 17.5. The van der Waals surface area contributed by atoms with Crippen molar-refractivity contribution in [2.24, 2.45) is 0 Å². The van der Waals surface area contributed by atoms with Crippen LogP contribution in [0.3, 0.4) is 0 Å². The maximum atomic E-state index is 5.51. The van der Waals surface area contributed by atoms with Gasteiger partial charge in [0, 0.05) is 86.1 Å². The van der Waals surface area contributed by atoms with Gasteiger partial charge in [-0.25, -0.2) is 15.0 Å². The molecule has 0 bridgehead atoms. The molecule has 0 aliphatic carbocycles. The molecule has 372 valence electrons. The molecule has 0 spiro atoms. The van der Waals surface area contributed by atoms with Crippen molar-refractivity contribution in [3.8, 4) is 62.4 Å². The lowest BCUT2D eigenvalue weighted by Crippen LogP contribution is -2.02. The second-order valence-electron chi connectivity index (χ2n) is 20.8. The molecule has 17 rings (SSSR count).